The summed E-state index contributed by atoms with van der Waals surface area (Å²) >= 11 is 2.12. The molecule has 0 spiro atoms. The minimum absolute atomic E-state index is 0.316. The third-order valence-electron chi connectivity index (χ3n) is 1.88. The molecule has 0 aliphatic heterocycles. The summed E-state index contributed by atoms with van der Waals surface area (Å²) in [6.45, 7) is 0. The highest BCUT2D eigenvalue weighted by Crippen LogP contribution is 2.12. The number of rotatable bonds is 2. The van der Waals surface area contributed by atoms with E-state index in [0.29, 0.717) is 11.4 Å². The van der Waals surface area contributed by atoms with Crippen molar-refractivity contribution in [3.63, 3.8) is 0 Å². The minimum Gasteiger partial charge on any atom is -0.422 e. The lowest BCUT2D eigenvalue weighted by Crippen LogP contribution is -2.10. The molecule has 0 amide bonds. The quantitative estimate of drug-likeness (QED) is 0.484. The maximum atomic E-state index is 11.7. The number of pyridine rings is 1. The molecule has 1 aromatic heterocycles. The van der Waals surface area contributed by atoms with Crippen LogP contribution in [0.4, 0.5) is 0 Å². The van der Waals surface area contributed by atoms with Gasteiger partial charge >= 0.3 is 5.97 Å². The molecular formula is C12H8INO2. The fraction of sp³-hybridized carbons (Fsp3) is 0. The Morgan fingerprint density at radius 3 is 2.62 bits per heavy atom. The fourth-order valence-electron chi connectivity index (χ4n) is 1.16. The Hall–Kier alpha value is -1.43. The summed E-state index contributed by atoms with van der Waals surface area (Å²) in [7, 11) is 0. The number of carbonyl (C=O) groups excluding carboxylic acids is 1. The minimum atomic E-state index is -0.440. The first kappa shape index (κ1) is 11.1. The van der Waals surface area contributed by atoms with Crippen molar-refractivity contribution in [2.24, 2.45) is 0 Å². The molecule has 16 heavy (non-hydrogen) atoms. The van der Waals surface area contributed by atoms with Gasteiger partial charge in [0.05, 0.1) is 0 Å². The molecule has 2 aromatic rings. The van der Waals surface area contributed by atoms with Crippen LogP contribution in [0.15, 0.2) is 48.7 Å². The molecule has 80 valence electrons. The summed E-state index contributed by atoms with van der Waals surface area (Å²) in [5, 5.41) is 0. The average Bonchev–Trinajstić information content (AvgIpc) is 2.30. The van der Waals surface area contributed by atoms with Crippen LogP contribution in [0.3, 0.4) is 0 Å². The van der Waals surface area contributed by atoms with Crippen LogP contribution >= 0.6 is 22.6 Å². The van der Waals surface area contributed by atoms with Gasteiger partial charge in [-0.25, -0.2) is 9.78 Å². The highest BCUT2D eigenvalue weighted by atomic mass is 127. The monoisotopic (exact) mass is 325 g/mol. The Labute approximate surface area is 107 Å². The Balaban J connectivity index is 2.15. The summed E-state index contributed by atoms with van der Waals surface area (Å²) in [4.78, 5) is 15.6. The molecule has 0 aliphatic rings. The second-order valence-corrected chi connectivity index (χ2v) is 4.31. The van der Waals surface area contributed by atoms with Gasteiger partial charge in [0.25, 0.3) is 0 Å². The van der Waals surface area contributed by atoms with E-state index in [9.17, 15) is 4.79 Å². The zero-order chi connectivity index (χ0) is 11.4. The van der Waals surface area contributed by atoms with E-state index < -0.39 is 5.97 Å². The number of hydrogen-bond donors (Lipinski definition) is 0. The van der Waals surface area contributed by atoms with Gasteiger partial charge in [0.15, 0.2) is 0 Å². The van der Waals surface area contributed by atoms with Crippen molar-refractivity contribution in [3.05, 3.63) is 57.9 Å². The first-order valence-electron chi connectivity index (χ1n) is 4.64. The molecule has 0 unspecified atom stereocenters. The summed E-state index contributed by atoms with van der Waals surface area (Å²) in [5.74, 6) is 0.0814. The van der Waals surface area contributed by atoms with Gasteiger partial charge in [-0.3, -0.25) is 0 Å². The second kappa shape index (κ2) is 5.07. The zero-order valence-corrected chi connectivity index (χ0v) is 10.4. The van der Waals surface area contributed by atoms with Crippen molar-refractivity contribution < 1.29 is 9.53 Å². The summed E-state index contributed by atoms with van der Waals surface area (Å²) in [6.07, 6.45) is 1.59. The maximum Gasteiger partial charge on any atom is 0.362 e. The number of carbonyl (C=O) groups is 1. The van der Waals surface area contributed by atoms with Gasteiger partial charge in [0.2, 0.25) is 0 Å². The van der Waals surface area contributed by atoms with Crippen molar-refractivity contribution in [1.29, 1.82) is 0 Å². The SMILES string of the molecule is O=C(Oc1ccccc1)c1cc(I)ccn1. The smallest absolute Gasteiger partial charge is 0.362 e. The lowest BCUT2D eigenvalue weighted by atomic mass is 10.3. The van der Waals surface area contributed by atoms with E-state index in [0.717, 1.165) is 3.57 Å². The third-order valence-corrected chi connectivity index (χ3v) is 2.56. The van der Waals surface area contributed by atoms with Gasteiger partial charge in [-0.15, -0.1) is 0 Å². The van der Waals surface area contributed by atoms with Crippen LogP contribution in [-0.2, 0) is 0 Å². The lowest BCUT2D eigenvalue weighted by Gasteiger charge is -2.03. The molecule has 2 rings (SSSR count). The molecule has 0 aliphatic carbocycles. The molecule has 0 bridgehead atoms. The van der Waals surface area contributed by atoms with Crippen molar-refractivity contribution in [1.82, 2.24) is 4.98 Å². The number of esters is 1. The van der Waals surface area contributed by atoms with E-state index in [-0.39, 0.29) is 0 Å². The fourth-order valence-corrected chi connectivity index (χ4v) is 1.62. The van der Waals surface area contributed by atoms with Crippen LogP contribution in [0.5, 0.6) is 5.75 Å². The molecule has 0 saturated carbocycles. The van der Waals surface area contributed by atoms with E-state index in [1.807, 2.05) is 24.3 Å². The molecule has 0 fully saturated rings. The zero-order valence-electron chi connectivity index (χ0n) is 8.26. The summed E-state index contributed by atoms with van der Waals surface area (Å²) in [6, 6.07) is 12.4. The highest BCUT2D eigenvalue weighted by Gasteiger charge is 2.09. The topological polar surface area (TPSA) is 39.2 Å². The van der Waals surface area contributed by atoms with E-state index >= 15 is 0 Å². The molecule has 0 saturated heterocycles. The second-order valence-electron chi connectivity index (χ2n) is 3.06. The predicted octanol–water partition coefficient (Wildman–Crippen LogP) is 2.91. The van der Waals surface area contributed by atoms with Crippen molar-refractivity contribution in [2.45, 2.75) is 0 Å². The number of benzene rings is 1. The molecule has 3 nitrogen and oxygen atoms in total. The van der Waals surface area contributed by atoms with Crippen LogP contribution in [0, 0.1) is 3.57 Å². The molecule has 0 radical (unpaired) electrons. The highest BCUT2D eigenvalue weighted by molar-refractivity contribution is 14.1. The molecule has 1 aromatic carbocycles. The molecular weight excluding hydrogens is 317 g/mol. The van der Waals surface area contributed by atoms with E-state index in [1.54, 1.807) is 24.4 Å². The Morgan fingerprint density at radius 2 is 1.94 bits per heavy atom. The molecule has 1 heterocycles. The first-order valence-corrected chi connectivity index (χ1v) is 5.72. The lowest BCUT2D eigenvalue weighted by molar-refractivity contribution is 0.0728. The van der Waals surface area contributed by atoms with Gasteiger partial charge in [-0.2, -0.15) is 0 Å². The van der Waals surface area contributed by atoms with Crippen LogP contribution in [0.1, 0.15) is 10.5 Å². The maximum absolute atomic E-state index is 11.7. The number of hydrogen-bond acceptors (Lipinski definition) is 3. The van der Waals surface area contributed by atoms with Gasteiger partial charge in [-0.05, 0) is 46.9 Å². The molecule has 0 atom stereocenters. The number of halogens is 1. The van der Waals surface area contributed by atoms with Gasteiger partial charge < -0.3 is 4.74 Å². The van der Waals surface area contributed by atoms with Crippen molar-refractivity contribution in [2.75, 3.05) is 0 Å². The van der Waals surface area contributed by atoms with Crippen LogP contribution in [-0.4, -0.2) is 11.0 Å². The summed E-state index contributed by atoms with van der Waals surface area (Å²) < 4.78 is 6.10. The standard InChI is InChI=1S/C12H8INO2/c13-9-6-7-14-11(8-9)12(15)16-10-4-2-1-3-5-10/h1-8H. The van der Waals surface area contributed by atoms with Crippen LogP contribution in [0.25, 0.3) is 0 Å². The predicted molar refractivity (Wildman–Crippen MR) is 68.4 cm³/mol. The summed E-state index contributed by atoms with van der Waals surface area (Å²) in [5.41, 5.74) is 0.316. The number of ether oxygens (including phenoxy) is 1. The van der Waals surface area contributed by atoms with Gasteiger partial charge in [-0.1, -0.05) is 18.2 Å². The average molecular weight is 325 g/mol. The van der Waals surface area contributed by atoms with Crippen LogP contribution in [0.2, 0.25) is 0 Å². The van der Waals surface area contributed by atoms with E-state index in [4.69, 9.17) is 4.74 Å². The van der Waals surface area contributed by atoms with Crippen molar-refractivity contribution >= 4 is 28.6 Å². The largest absolute Gasteiger partial charge is 0.422 e. The van der Waals surface area contributed by atoms with Gasteiger partial charge in [0, 0.05) is 9.77 Å². The molecule has 0 N–H and O–H groups in total. The van der Waals surface area contributed by atoms with Gasteiger partial charge in [0.1, 0.15) is 11.4 Å². The Morgan fingerprint density at radius 1 is 1.19 bits per heavy atom. The molecule has 4 heteroatoms. The van der Waals surface area contributed by atoms with E-state index in [2.05, 4.69) is 27.6 Å². The Bertz CT molecular complexity index is 499. The number of aromatic nitrogens is 1. The first-order chi connectivity index (χ1) is 7.75. The number of nitrogens with zero attached hydrogens (tertiary/aromatic N) is 1. The van der Waals surface area contributed by atoms with E-state index in [1.165, 1.54) is 0 Å². The van der Waals surface area contributed by atoms with Crippen molar-refractivity contribution in [3.8, 4) is 5.75 Å². The normalized spacial score (nSPS) is 9.81. The Kier molecular flexibility index (Phi) is 3.51. The third kappa shape index (κ3) is 2.79. The number of para-hydroxylation sites is 1. The van der Waals surface area contributed by atoms with Crippen LogP contribution < -0.4 is 4.74 Å².